The third-order valence-electron chi connectivity index (χ3n) is 4.88. The molecule has 0 bridgehead atoms. The van der Waals surface area contributed by atoms with Gasteiger partial charge >= 0.3 is 0 Å². The summed E-state index contributed by atoms with van der Waals surface area (Å²) < 4.78 is 16.1. The van der Waals surface area contributed by atoms with Crippen molar-refractivity contribution in [1.29, 1.82) is 0 Å². The number of carbonyl (C=O) groups excluding carboxylic acids is 2. The molecule has 1 fully saturated rings. The number of rotatable bonds is 3. The standard InChI is InChI=1S/C21H18N2O5S/c1-11-4-5-14(6-12(11)2)23-20(25)15(19(24)22-21(23)29)7-13-8-17-18(28-10-27-17)9-16(13)26-3/h4-9H,10H2,1-3H3,(H,22,24,29)/b15-7-. The first-order valence-electron chi connectivity index (χ1n) is 8.85. The molecule has 1 saturated heterocycles. The van der Waals surface area contributed by atoms with Crippen molar-refractivity contribution in [2.24, 2.45) is 0 Å². The molecule has 2 aromatic rings. The molecule has 1 N–H and O–H groups in total. The number of fused-ring (bicyclic) bond motifs is 1. The monoisotopic (exact) mass is 410 g/mol. The summed E-state index contributed by atoms with van der Waals surface area (Å²) in [5, 5.41) is 2.62. The fourth-order valence-electron chi connectivity index (χ4n) is 3.14. The second kappa shape index (κ2) is 7.21. The van der Waals surface area contributed by atoms with Gasteiger partial charge in [0.15, 0.2) is 16.6 Å². The molecule has 29 heavy (non-hydrogen) atoms. The Hall–Kier alpha value is -3.39. The lowest BCUT2D eigenvalue weighted by Gasteiger charge is -2.29. The van der Waals surface area contributed by atoms with E-state index in [9.17, 15) is 9.59 Å². The summed E-state index contributed by atoms with van der Waals surface area (Å²) in [6.45, 7) is 4.03. The number of hydrogen-bond donors (Lipinski definition) is 1. The molecule has 0 aliphatic carbocycles. The minimum atomic E-state index is -0.570. The predicted octanol–water partition coefficient (Wildman–Crippen LogP) is 2.87. The van der Waals surface area contributed by atoms with Crippen molar-refractivity contribution in [2.75, 3.05) is 18.8 Å². The number of carbonyl (C=O) groups is 2. The molecule has 2 amide bonds. The summed E-state index contributed by atoms with van der Waals surface area (Å²) in [6.07, 6.45) is 1.47. The highest BCUT2D eigenvalue weighted by Gasteiger charge is 2.35. The van der Waals surface area contributed by atoms with E-state index in [2.05, 4.69) is 5.32 Å². The van der Waals surface area contributed by atoms with Gasteiger partial charge in [-0.15, -0.1) is 0 Å². The van der Waals surface area contributed by atoms with Gasteiger partial charge in [-0.3, -0.25) is 19.8 Å². The van der Waals surface area contributed by atoms with Crippen molar-refractivity contribution in [3.05, 3.63) is 52.6 Å². The third-order valence-corrected chi connectivity index (χ3v) is 5.16. The molecule has 2 aromatic carbocycles. The van der Waals surface area contributed by atoms with Crippen LogP contribution in [0.25, 0.3) is 6.08 Å². The van der Waals surface area contributed by atoms with Crippen molar-refractivity contribution in [3.8, 4) is 17.2 Å². The van der Waals surface area contributed by atoms with Crippen LogP contribution in [0, 0.1) is 13.8 Å². The Morgan fingerprint density at radius 3 is 2.52 bits per heavy atom. The van der Waals surface area contributed by atoms with Gasteiger partial charge in [0.05, 0.1) is 12.8 Å². The molecule has 7 nitrogen and oxygen atoms in total. The first-order valence-corrected chi connectivity index (χ1v) is 9.26. The number of nitrogens with one attached hydrogen (secondary N) is 1. The van der Waals surface area contributed by atoms with Crippen LogP contribution in [-0.4, -0.2) is 30.8 Å². The maximum atomic E-state index is 13.2. The van der Waals surface area contributed by atoms with E-state index < -0.39 is 11.8 Å². The van der Waals surface area contributed by atoms with Crippen LogP contribution >= 0.6 is 12.2 Å². The van der Waals surface area contributed by atoms with Crippen molar-refractivity contribution < 1.29 is 23.8 Å². The normalized spacial score (nSPS) is 17.0. The maximum absolute atomic E-state index is 13.2. The Labute approximate surface area is 172 Å². The topological polar surface area (TPSA) is 77.1 Å². The smallest absolute Gasteiger partial charge is 0.270 e. The van der Waals surface area contributed by atoms with Gasteiger partial charge in [0.2, 0.25) is 6.79 Å². The van der Waals surface area contributed by atoms with Gasteiger partial charge < -0.3 is 14.2 Å². The Kier molecular flexibility index (Phi) is 4.71. The second-order valence-electron chi connectivity index (χ2n) is 6.67. The molecule has 0 spiro atoms. The maximum Gasteiger partial charge on any atom is 0.270 e. The van der Waals surface area contributed by atoms with Gasteiger partial charge in [-0.25, -0.2) is 0 Å². The van der Waals surface area contributed by atoms with E-state index in [1.807, 2.05) is 26.0 Å². The van der Waals surface area contributed by atoms with E-state index in [-0.39, 0.29) is 17.5 Å². The molecule has 0 aromatic heterocycles. The zero-order chi connectivity index (χ0) is 20.7. The van der Waals surface area contributed by atoms with E-state index in [1.165, 1.54) is 18.1 Å². The number of benzene rings is 2. The zero-order valence-electron chi connectivity index (χ0n) is 16.1. The van der Waals surface area contributed by atoms with Crippen LogP contribution in [0.4, 0.5) is 5.69 Å². The first kappa shape index (κ1) is 18.9. The third kappa shape index (κ3) is 3.31. The average molecular weight is 410 g/mol. The van der Waals surface area contributed by atoms with Gasteiger partial charge in [-0.2, -0.15) is 0 Å². The lowest BCUT2D eigenvalue weighted by molar-refractivity contribution is -0.122. The molecule has 148 valence electrons. The molecule has 8 heteroatoms. The number of ether oxygens (including phenoxy) is 3. The van der Waals surface area contributed by atoms with Crippen LogP contribution in [0.1, 0.15) is 16.7 Å². The Balaban J connectivity index is 1.77. The molecular formula is C21H18N2O5S. The minimum absolute atomic E-state index is 0.0399. The van der Waals surface area contributed by atoms with Crippen LogP contribution in [0.3, 0.4) is 0 Å². The summed E-state index contributed by atoms with van der Waals surface area (Å²) in [4.78, 5) is 27.0. The number of anilines is 1. The van der Waals surface area contributed by atoms with Crippen LogP contribution < -0.4 is 24.4 Å². The number of amides is 2. The Morgan fingerprint density at radius 1 is 1.10 bits per heavy atom. The number of nitrogens with zero attached hydrogens (tertiary/aromatic N) is 1. The van der Waals surface area contributed by atoms with Gasteiger partial charge in [0, 0.05) is 11.6 Å². The molecule has 4 rings (SSSR count). The van der Waals surface area contributed by atoms with Crippen molar-refractivity contribution in [2.45, 2.75) is 13.8 Å². The fourth-order valence-corrected chi connectivity index (χ4v) is 3.42. The SMILES string of the molecule is COc1cc2c(cc1/C=C1/C(=O)NC(=S)N(c3ccc(C)c(C)c3)C1=O)OCO2. The van der Waals surface area contributed by atoms with Gasteiger partial charge in [-0.1, -0.05) is 6.07 Å². The van der Waals surface area contributed by atoms with Crippen LogP contribution in [0.5, 0.6) is 17.2 Å². The highest BCUT2D eigenvalue weighted by Crippen LogP contribution is 2.39. The quantitative estimate of drug-likeness (QED) is 0.476. The largest absolute Gasteiger partial charge is 0.496 e. The van der Waals surface area contributed by atoms with Gasteiger partial charge in [0.1, 0.15) is 11.3 Å². The van der Waals surface area contributed by atoms with Gasteiger partial charge in [-0.05, 0) is 61.5 Å². The van der Waals surface area contributed by atoms with E-state index >= 15 is 0 Å². The number of aryl methyl sites for hydroxylation is 2. The number of methoxy groups -OCH3 is 1. The summed E-state index contributed by atoms with van der Waals surface area (Å²) in [5.74, 6) is 0.430. The molecule has 0 unspecified atom stereocenters. The molecule has 2 aliphatic heterocycles. The number of thiocarbonyl (C=S) groups is 1. The summed E-state index contributed by atoms with van der Waals surface area (Å²) >= 11 is 5.26. The molecule has 0 saturated carbocycles. The van der Waals surface area contributed by atoms with Gasteiger partial charge in [0.25, 0.3) is 11.8 Å². The van der Waals surface area contributed by atoms with E-state index in [1.54, 1.807) is 18.2 Å². The predicted molar refractivity (Wildman–Crippen MR) is 111 cm³/mol. The Bertz CT molecular complexity index is 1090. The summed E-state index contributed by atoms with van der Waals surface area (Å²) in [6, 6.07) is 8.88. The van der Waals surface area contributed by atoms with E-state index in [0.717, 1.165) is 11.1 Å². The number of hydrogen-bond acceptors (Lipinski definition) is 6. The van der Waals surface area contributed by atoms with E-state index in [4.69, 9.17) is 26.4 Å². The first-order chi connectivity index (χ1) is 13.9. The summed E-state index contributed by atoms with van der Waals surface area (Å²) in [5.41, 5.74) is 3.15. The van der Waals surface area contributed by atoms with Crippen molar-refractivity contribution >= 4 is 40.9 Å². The zero-order valence-corrected chi connectivity index (χ0v) is 16.9. The van der Waals surface area contributed by atoms with Crippen LogP contribution in [0.2, 0.25) is 0 Å². The summed E-state index contributed by atoms with van der Waals surface area (Å²) in [7, 11) is 1.50. The average Bonchev–Trinajstić information content (AvgIpc) is 3.14. The second-order valence-corrected chi connectivity index (χ2v) is 7.06. The van der Waals surface area contributed by atoms with Crippen LogP contribution in [-0.2, 0) is 9.59 Å². The lowest BCUT2D eigenvalue weighted by atomic mass is 10.0. The lowest BCUT2D eigenvalue weighted by Crippen LogP contribution is -2.54. The fraction of sp³-hybridized carbons (Fsp3) is 0.190. The van der Waals surface area contributed by atoms with Crippen molar-refractivity contribution in [1.82, 2.24) is 5.32 Å². The molecule has 0 radical (unpaired) electrons. The molecule has 0 atom stereocenters. The molecular weight excluding hydrogens is 392 g/mol. The minimum Gasteiger partial charge on any atom is -0.496 e. The van der Waals surface area contributed by atoms with E-state index in [0.29, 0.717) is 28.5 Å². The Morgan fingerprint density at radius 2 is 1.83 bits per heavy atom. The van der Waals surface area contributed by atoms with Crippen LogP contribution in [0.15, 0.2) is 35.9 Å². The molecule has 2 heterocycles. The highest BCUT2D eigenvalue weighted by atomic mass is 32.1. The van der Waals surface area contributed by atoms with Crippen molar-refractivity contribution in [3.63, 3.8) is 0 Å². The highest BCUT2D eigenvalue weighted by molar-refractivity contribution is 7.80. The molecule has 2 aliphatic rings.